The van der Waals surface area contributed by atoms with Gasteiger partial charge in [0.1, 0.15) is 0 Å². The molecule has 0 aliphatic carbocycles. The predicted molar refractivity (Wildman–Crippen MR) is 77.2 cm³/mol. The van der Waals surface area contributed by atoms with Gasteiger partial charge in [0.25, 0.3) is 0 Å². The molecule has 108 valence electrons. The third-order valence-corrected chi connectivity index (χ3v) is 5.18. The van der Waals surface area contributed by atoms with Crippen LogP contribution in [0.5, 0.6) is 0 Å². The molecule has 0 atom stereocenters. The Bertz CT molecular complexity index is 783. The van der Waals surface area contributed by atoms with Crippen LogP contribution in [-0.4, -0.2) is 41.6 Å². The summed E-state index contributed by atoms with van der Waals surface area (Å²) in [6.45, 7) is 0.935. The van der Waals surface area contributed by atoms with E-state index in [2.05, 4.69) is 4.98 Å². The molecule has 0 amide bonds. The van der Waals surface area contributed by atoms with Gasteiger partial charge in [-0.25, -0.2) is 17.5 Å². The van der Waals surface area contributed by atoms with Gasteiger partial charge in [-0.2, -0.15) is 0 Å². The first-order chi connectivity index (χ1) is 9.47. The second-order valence-corrected chi connectivity index (χ2v) is 7.19. The van der Waals surface area contributed by atoms with E-state index in [0.717, 1.165) is 11.0 Å². The third kappa shape index (κ3) is 2.27. The Labute approximate surface area is 117 Å². The van der Waals surface area contributed by atoms with Crippen LogP contribution >= 0.6 is 0 Å². The molecule has 0 bridgehead atoms. The van der Waals surface area contributed by atoms with Crippen LogP contribution in [-0.2, 0) is 10.0 Å². The molecule has 20 heavy (non-hydrogen) atoms. The lowest BCUT2D eigenvalue weighted by Gasteiger charge is -2.30. The van der Waals surface area contributed by atoms with Crippen LogP contribution in [0.15, 0.2) is 29.1 Å². The van der Waals surface area contributed by atoms with Crippen molar-refractivity contribution in [2.45, 2.75) is 18.9 Å². The number of nitrogens with zero attached hydrogens (tertiary/aromatic N) is 2. The molecule has 0 unspecified atom stereocenters. The van der Waals surface area contributed by atoms with Gasteiger partial charge in [0.05, 0.1) is 17.3 Å². The molecule has 0 saturated carbocycles. The van der Waals surface area contributed by atoms with Crippen molar-refractivity contribution in [1.82, 2.24) is 13.9 Å². The highest BCUT2D eigenvalue weighted by atomic mass is 32.2. The Hall–Kier alpha value is -1.60. The maximum atomic E-state index is 12.1. The summed E-state index contributed by atoms with van der Waals surface area (Å²) in [6.07, 6.45) is 2.55. The minimum Gasteiger partial charge on any atom is -0.306 e. The Morgan fingerprint density at radius 3 is 2.50 bits per heavy atom. The third-order valence-electron chi connectivity index (χ3n) is 3.88. The fourth-order valence-corrected chi connectivity index (χ4v) is 3.74. The smallest absolute Gasteiger partial charge is 0.306 e. The summed E-state index contributed by atoms with van der Waals surface area (Å²) in [5.41, 5.74) is 1.59. The molecule has 1 fully saturated rings. The van der Waals surface area contributed by atoms with Gasteiger partial charge in [-0.3, -0.25) is 4.57 Å². The van der Waals surface area contributed by atoms with Crippen molar-refractivity contribution in [3.05, 3.63) is 34.7 Å². The Balaban J connectivity index is 1.91. The largest absolute Gasteiger partial charge is 0.326 e. The van der Waals surface area contributed by atoms with Crippen molar-refractivity contribution in [1.29, 1.82) is 0 Å². The van der Waals surface area contributed by atoms with Gasteiger partial charge < -0.3 is 4.98 Å². The maximum Gasteiger partial charge on any atom is 0.326 e. The summed E-state index contributed by atoms with van der Waals surface area (Å²) >= 11 is 0. The van der Waals surface area contributed by atoms with Crippen molar-refractivity contribution in [3.8, 4) is 0 Å². The minimum atomic E-state index is -3.13. The number of piperidine rings is 1. The SMILES string of the molecule is CS(=O)(=O)N1CCC(n2c(=O)[nH]c3ccccc32)CC1. The van der Waals surface area contributed by atoms with Crippen LogP contribution in [0.3, 0.4) is 0 Å². The standard InChI is InChI=1S/C13H17N3O3S/c1-20(18,19)15-8-6-10(7-9-15)16-12-5-3-2-4-11(12)14-13(16)17/h2-5,10H,6-9H2,1H3,(H,14,17). The van der Waals surface area contributed by atoms with Gasteiger partial charge in [-0.1, -0.05) is 12.1 Å². The second-order valence-electron chi connectivity index (χ2n) is 5.21. The number of rotatable bonds is 2. The monoisotopic (exact) mass is 295 g/mol. The summed E-state index contributed by atoms with van der Waals surface area (Å²) in [5.74, 6) is 0. The number of aromatic amines is 1. The summed E-state index contributed by atoms with van der Waals surface area (Å²) in [4.78, 5) is 14.9. The van der Waals surface area contributed by atoms with Crippen LogP contribution in [0.2, 0.25) is 0 Å². The van der Waals surface area contributed by atoms with Gasteiger partial charge in [-0.15, -0.1) is 0 Å². The first-order valence-corrected chi connectivity index (χ1v) is 8.46. The zero-order chi connectivity index (χ0) is 14.3. The highest BCUT2D eigenvalue weighted by Gasteiger charge is 2.27. The van der Waals surface area contributed by atoms with E-state index in [-0.39, 0.29) is 11.7 Å². The van der Waals surface area contributed by atoms with Crippen molar-refractivity contribution in [2.75, 3.05) is 19.3 Å². The normalized spacial score (nSPS) is 18.6. The number of para-hydroxylation sites is 2. The van der Waals surface area contributed by atoms with Gasteiger partial charge in [0.2, 0.25) is 10.0 Å². The highest BCUT2D eigenvalue weighted by molar-refractivity contribution is 7.88. The van der Waals surface area contributed by atoms with E-state index < -0.39 is 10.0 Å². The van der Waals surface area contributed by atoms with E-state index >= 15 is 0 Å². The molecule has 1 N–H and O–H groups in total. The second kappa shape index (κ2) is 4.75. The number of sulfonamides is 1. The Morgan fingerprint density at radius 2 is 1.85 bits per heavy atom. The highest BCUT2D eigenvalue weighted by Crippen LogP contribution is 2.25. The summed E-state index contributed by atoms with van der Waals surface area (Å²) in [7, 11) is -3.13. The zero-order valence-corrected chi connectivity index (χ0v) is 12.1. The molecule has 1 aliphatic rings. The lowest BCUT2D eigenvalue weighted by Crippen LogP contribution is -2.39. The minimum absolute atomic E-state index is 0.0525. The number of fused-ring (bicyclic) bond motifs is 1. The van der Waals surface area contributed by atoms with Crippen molar-refractivity contribution in [2.24, 2.45) is 0 Å². The first kappa shape index (κ1) is 13.4. The van der Waals surface area contributed by atoms with Gasteiger partial charge in [0.15, 0.2) is 0 Å². The van der Waals surface area contributed by atoms with E-state index in [1.165, 1.54) is 10.6 Å². The lowest BCUT2D eigenvalue weighted by atomic mass is 10.1. The molecule has 3 rings (SSSR count). The van der Waals surface area contributed by atoms with Crippen molar-refractivity contribution < 1.29 is 8.42 Å². The van der Waals surface area contributed by atoms with E-state index in [0.29, 0.717) is 25.9 Å². The number of hydrogen-bond acceptors (Lipinski definition) is 3. The summed E-state index contributed by atoms with van der Waals surface area (Å²) in [6, 6.07) is 7.62. The first-order valence-electron chi connectivity index (χ1n) is 6.61. The van der Waals surface area contributed by atoms with E-state index in [1.54, 1.807) is 4.57 Å². The van der Waals surface area contributed by atoms with Crippen LogP contribution in [0.25, 0.3) is 11.0 Å². The lowest BCUT2D eigenvalue weighted by molar-refractivity contribution is 0.275. The number of imidazole rings is 1. The fourth-order valence-electron chi connectivity index (χ4n) is 2.87. The van der Waals surface area contributed by atoms with Crippen molar-refractivity contribution >= 4 is 21.1 Å². The molecule has 1 aromatic heterocycles. The molecule has 0 spiro atoms. The molecule has 2 aromatic rings. The average molecular weight is 295 g/mol. The number of benzene rings is 1. The molecule has 1 aromatic carbocycles. The maximum absolute atomic E-state index is 12.1. The number of H-pyrrole nitrogens is 1. The number of aromatic nitrogens is 2. The molecule has 1 saturated heterocycles. The average Bonchev–Trinajstić information content (AvgIpc) is 2.73. The summed E-state index contributed by atoms with van der Waals surface area (Å²) < 4.78 is 26.3. The number of nitrogens with one attached hydrogen (secondary N) is 1. The fraction of sp³-hybridized carbons (Fsp3) is 0.462. The Kier molecular flexibility index (Phi) is 3.18. The predicted octanol–water partition coefficient (Wildman–Crippen LogP) is 0.926. The van der Waals surface area contributed by atoms with Crippen LogP contribution in [0, 0.1) is 0 Å². The molecular weight excluding hydrogens is 278 g/mol. The summed E-state index contributed by atoms with van der Waals surface area (Å²) in [5, 5.41) is 0. The van der Waals surface area contributed by atoms with Crippen LogP contribution in [0.4, 0.5) is 0 Å². The molecule has 7 heteroatoms. The van der Waals surface area contributed by atoms with Gasteiger partial charge in [-0.05, 0) is 25.0 Å². The zero-order valence-electron chi connectivity index (χ0n) is 11.2. The van der Waals surface area contributed by atoms with Gasteiger partial charge >= 0.3 is 5.69 Å². The molecule has 0 radical (unpaired) electrons. The van der Waals surface area contributed by atoms with Crippen LogP contribution < -0.4 is 5.69 Å². The Morgan fingerprint density at radius 1 is 1.20 bits per heavy atom. The molecule has 6 nitrogen and oxygen atoms in total. The van der Waals surface area contributed by atoms with Gasteiger partial charge in [0, 0.05) is 19.1 Å². The molecule has 2 heterocycles. The van der Waals surface area contributed by atoms with Crippen LogP contribution in [0.1, 0.15) is 18.9 Å². The van der Waals surface area contributed by atoms with E-state index in [1.807, 2.05) is 24.3 Å². The quantitative estimate of drug-likeness (QED) is 0.895. The molecule has 1 aliphatic heterocycles. The van der Waals surface area contributed by atoms with E-state index in [4.69, 9.17) is 0 Å². The van der Waals surface area contributed by atoms with E-state index in [9.17, 15) is 13.2 Å². The number of hydrogen-bond donors (Lipinski definition) is 1. The topological polar surface area (TPSA) is 75.2 Å². The molecular formula is C13H17N3O3S. The van der Waals surface area contributed by atoms with Crippen molar-refractivity contribution in [3.63, 3.8) is 0 Å².